The van der Waals surface area contributed by atoms with Gasteiger partial charge in [-0.1, -0.05) is 59.8 Å². The third-order valence-electron chi connectivity index (χ3n) is 4.82. The summed E-state index contributed by atoms with van der Waals surface area (Å²) in [6.07, 6.45) is 1.83. The number of allylic oxidation sites excluding steroid dienone is 1. The van der Waals surface area contributed by atoms with Gasteiger partial charge in [0, 0.05) is 23.2 Å². The molecule has 0 amide bonds. The van der Waals surface area contributed by atoms with E-state index >= 15 is 0 Å². The van der Waals surface area contributed by atoms with E-state index in [0.29, 0.717) is 23.1 Å². The maximum absolute atomic E-state index is 6.25. The minimum Gasteiger partial charge on any atom is -0.484 e. The van der Waals surface area contributed by atoms with Gasteiger partial charge in [-0.05, 0) is 37.1 Å². The van der Waals surface area contributed by atoms with Crippen LogP contribution in [0.15, 0.2) is 65.7 Å². The lowest BCUT2D eigenvalue weighted by Gasteiger charge is -2.10. The van der Waals surface area contributed by atoms with E-state index in [9.17, 15) is 0 Å². The molecule has 0 radical (unpaired) electrons. The fraction of sp³-hybridized carbons (Fsp3) is 0.208. The summed E-state index contributed by atoms with van der Waals surface area (Å²) in [5.74, 6) is 2.08. The van der Waals surface area contributed by atoms with E-state index in [1.165, 1.54) is 11.1 Å². The highest BCUT2D eigenvalue weighted by Gasteiger charge is 2.15. The number of benzene rings is 2. The van der Waals surface area contributed by atoms with Crippen LogP contribution in [0.4, 0.5) is 0 Å². The van der Waals surface area contributed by atoms with Crippen molar-refractivity contribution in [3.8, 4) is 16.3 Å². The number of rotatable bonds is 9. The molecule has 164 valence electrons. The second-order valence-electron chi connectivity index (χ2n) is 7.27. The zero-order valence-electron chi connectivity index (χ0n) is 17.9. The predicted molar refractivity (Wildman–Crippen MR) is 133 cm³/mol. The van der Waals surface area contributed by atoms with E-state index in [-0.39, 0.29) is 6.61 Å². The van der Waals surface area contributed by atoms with Crippen LogP contribution in [0.5, 0.6) is 5.75 Å². The largest absolute Gasteiger partial charge is 0.484 e. The van der Waals surface area contributed by atoms with Gasteiger partial charge < -0.3 is 4.74 Å². The monoisotopic (exact) mass is 482 g/mol. The number of aromatic nitrogens is 4. The van der Waals surface area contributed by atoms with Gasteiger partial charge in [-0.3, -0.25) is 4.57 Å². The van der Waals surface area contributed by atoms with Crippen molar-refractivity contribution < 1.29 is 4.74 Å². The molecule has 0 atom stereocenters. The van der Waals surface area contributed by atoms with Crippen LogP contribution in [0.3, 0.4) is 0 Å². The Kier molecular flexibility index (Phi) is 7.29. The number of thioether (sulfide) groups is 1. The Balaban J connectivity index is 1.45. The van der Waals surface area contributed by atoms with E-state index in [1.54, 1.807) is 23.1 Å². The zero-order valence-corrected chi connectivity index (χ0v) is 20.3. The Hall–Kier alpha value is -2.61. The highest BCUT2D eigenvalue weighted by atomic mass is 35.5. The molecule has 0 saturated heterocycles. The molecule has 0 aliphatic rings. The fourth-order valence-electron chi connectivity index (χ4n) is 3.16. The van der Waals surface area contributed by atoms with Gasteiger partial charge in [0.2, 0.25) is 0 Å². The SMILES string of the molecule is C=CCn1c(COc2cc(C)ccc2Cl)nnc1SCc1csc(-c2ccccc2C)n1. The standard InChI is InChI=1S/C24H23ClN4OS2/c1-4-11-29-22(13-30-21-12-16(2)9-10-20(21)25)27-28-24(29)32-15-18-14-31-23(26-18)19-8-6-5-7-17(19)3/h4-10,12,14H,1,11,13,15H2,2-3H3. The molecule has 2 aromatic heterocycles. The highest BCUT2D eigenvalue weighted by Crippen LogP contribution is 2.30. The maximum Gasteiger partial charge on any atom is 0.191 e. The molecular weight excluding hydrogens is 460 g/mol. The third-order valence-corrected chi connectivity index (χ3v) is 7.06. The molecule has 0 unspecified atom stereocenters. The second kappa shape index (κ2) is 10.3. The van der Waals surface area contributed by atoms with Crippen LogP contribution in [-0.2, 0) is 18.9 Å². The number of thiazole rings is 1. The molecule has 0 N–H and O–H groups in total. The van der Waals surface area contributed by atoms with Gasteiger partial charge in [0.15, 0.2) is 11.0 Å². The van der Waals surface area contributed by atoms with E-state index < -0.39 is 0 Å². The second-order valence-corrected chi connectivity index (χ2v) is 9.48. The van der Waals surface area contributed by atoms with Gasteiger partial charge in [-0.15, -0.1) is 28.1 Å². The summed E-state index contributed by atoms with van der Waals surface area (Å²) in [5.41, 5.74) is 4.51. The average molecular weight is 483 g/mol. The molecule has 5 nitrogen and oxygen atoms in total. The molecular formula is C24H23ClN4OS2. The average Bonchev–Trinajstić information content (AvgIpc) is 3.41. The lowest BCUT2D eigenvalue weighted by Crippen LogP contribution is -2.07. The summed E-state index contributed by atoms with van der Waals surface area (Å²) < 4.78 is 7.93. The van der Waals surface area contributed by atoms with Crippen molar-refractivity contribution in [1.82, 2.24) is 19.7 Å². The van der Waals surface area contributed by atoms with Crippen molar-refractivity contribution in [3.63, 3.8) is 0 Å². The molecule has 0 saturated carbocycles. The molecule has 4 rings (SSSR count). The van der Waals surface area contributed by atoms with Gasteiger partial charge >= 0.3 is 0 Å². The number of hydrogen-bond donors (Lipinski definition) is 0. The molecule has 4 aromatic rings. The van der Waals surface area contributed by atoms with E-state index in [1.807, 2.05) is 47.9 Å². The Morgan fingerprint density at radius 2 is 2.03 bits per heavy atom. The first-order valence-corrected chi connectivity index (χ1v) is 12.3. The third kappa shape index (κ3) is 5.23. The van der Waals surface area contributed by atoms with Crippen molar-refractivity contribution in [1.29, 1.82) is 0 Å². The molecule has 32 heavy (non-hydrogen) atoms. The molecule has 0 aliphatic carbocycles. The zero-order chi connectivity index (χ0) is 22.5. The summed E-state index contributed by atoms with van der Waals surface area (Å²) in [5, 5.41) is 13.2. The lowest BCUT2D eigenvalue weighted by atomic mass is 10.1. The van der Waals surface area contributed by atoms with Crippen LogP contribution >= 0.6 is 34.7 Å². The number of nitrogens with zero attached hydrogens (tertiary/aromatic N) is 4. The van der Waals surface area contributed by atoms with E-state index in [4.69, 9.17) is 21.3 Å². The highest BCUT2D eigenvalue weighted by molar-refractivity contribution is 7.98. The summed E-state index contributed by atoms with van der Waals surface area (Å²) >= 11 is 9.52. The summed E-state index contributed by atoms with van der Waals surface area (Å²) in [6, 6.07) is 14.0. The van der Waals surface area contributed by atoms with Crippen LogP contribution in [-0.4, -0.2) is 19.7 Å². The smallest absolute Gasteiger partial charge is 0.191 e. The predicted octanol–water partition coefficient (Wildman–Crippen LogP) is 6.73. The van der Waals surface area contributed by atoms with Crippen molar-refractivity contribution in [2.24, 2.45) is 0 Å². The fourth-order valence-corrected chi connectivity index (χ4v) is 5.20. The first-order valence-electron chi connectivity index (χ1n) is 10.1. The molecule has 0 fully saturated rings. The van der Waals surface area contributed by atoms with Gasteiger partial charge in [-0.2, -0.15) is 0 Å². The lowest BCUT2D eigenvalue weighted by molar-refractivity contribution is 0.289. The quantitative estimate of drug-likeness (QED) is 0.195. The van der Waals surface area contributed by atoms with Crippen molar-refractivity contribution >= 4 is 34.7 Å². The van der Waals surface area contributed by atoms with Crippen LogP contribution in [0, 0.1) is 13.8 Å². The topological polar surface area (TPSA) is 52.8 Å². The van der Waals surface area contributed by atoms with Crippen molar-refractivity contribution in [2.75, 3.05) is 0 Å². The number of hydrogen-bond acceptors (Lipinski definition) is 6. The van der Waals surface area contributed by atoms with E-state index in [2.05, 4.69) is 41.2 Å². The number of ether oxygens (including phenoxy) is 1. The van der Waals surface area contributed by atoms with Gasteiger partial charge in [0.05, 0.1) is 10.7 Å². The number of aryl methyl sites for hydroxylation is 2. The molecule has 0 aliphatic heterocycles. The molecule has 8 heteroatoms. The Morgan fingerprint density at radius 1 is 1.19 bits per heavy atom. The van der Waals surface area contributed by atoms with Crippen LogP contribution in [0.25, 0.3) is 10.6 Å². The molecule has 2 heterocycles. The Morgan fingerprint density at radius 3 is 2.84 bits per heavy atom. The summed E-state index contributed by atoms with van der Waals surface area (Å²) in [4.78, 5) is 4.81. The van der Waals surface area contributed by atoms with Crippen molar-refractivity contribution in [2.45, 2.75) is 37.9 Å². The normalized spacial score (nSPS) is 11.0. The molecule has 0 spiro atoms. The minimum atomic E-state index is 0.276. The van der Waals surface area contributed by atoms with Gasteiger partial charge in [0.25, 0.3) is 0 Å². The Bertz CT molecular complexity index is 1230. The van der Waals surface area contributed by atoms with Crippen LogP contribution in [0.2, 0.25) is 5.02 Å². The summed E-state index contributed by atoms with van der Waals surface area (Å²) in [7, 11) is 0. The maximum atomic E-state index is 6.25. The molecule has 2 aromatic carbocycles. The minimum absolute atomic E-state index is 0.276. The van der Waals surface area contributed by atoms with E-state index in [0.717, 1.165) is 27.2 Å². The molecule has 0 bridgehead atoms. The van der Waals surface area contributed by atoms with Gasteiger partial charge in [-0.25, -0.2) is 4.98 Å². The van der Waals surface area contributed by atoms with Gasteiger partial charge in [0.1, 0.15) is 17.4 Å². The summed E-state index contributed by atoms with van der Waals surface area (Å²) in [6.45, 7) is 8.85. The first kappa shape index (κ1) is 22.6. The Labute approximate surface area is 201 Å². The first-order chi connectivity index (χ1) is 15.5. The van der Waals surface area contributed by atoms with Crippen molar-refractivity contribution in [3.05, 3.63) is 88.2 Å². The van der Waals surface area contributed by atoms with Crippen LogP contribution < -0.4 is 4.74 Å². The number of halogens is 1. The van der Waals surface area contributed by atoms with Crippen LogP contribution in [0.1, 0.15) is 22.6 Å².